The third-order valence-electron chi connectivity index (χ3n) is 7.99. The van der Waals surface area contributed by atoms with Gasteiger partial charge in [-0.2, -0.15) is 0 Å². The van der Waals surface area contributed by atoms with Gasteiger partial charge in [0, 0.05) is 5.56 Å². The lowest BCUT2D eigenvalue weighted by atomic mass is 9.77. The van der Waals surface area contributed by atoms with E-state index in [4.69, 9.17) is 19.8 Å². The number of tetrazole rings is 1. The third-order valence-corrected chi connectivity index (χ3v) is 9.73. The van der Waals surface area contributed by atoms with Crippen molar-refractivity contribution in [1.82, 2.24) is 20.2 Å². The molecule has 0 fully saturated rings. The molecule has 6 rings (SSSR count). The summed E-state index contributed by atoms with van der Waals surface area (Å²) in [6, 6.07) is 40.3. The molecule has 0 saturated heterocycles. The number of aromatic nitrogens is 4. The molecule has 6 aromatic rings. The Morgan fingerprint density at radius 2 is 1.27 bits per heavy atom. The van der Waals surface area contributed by atoms with Crippen molar-refractivity contribution in [2.24, 2.45) is 0 Å². The summed E-state index contributed by atoms with van der Waals surface area (Å²) in [6.45, 7) is 11.8. The fourth-order valence-electron chi connectivity index (χ4n) is 5.73. The maximum absolute atomic E-state index is 6.27. The van der Waals surface area contributed by atoms with Crippen LogP contribution in [0.4, 0.5) is 0 Å². The average molecular weight is 615 g/mol. The zero-order valence-corrected chi connectivity index (χ0v) is 27.9. The molecule has 222 valence electrons. The van der Waals surface area contributed by atoms with Crippen molar-refractivity contribution in [2.45, 2.75) is 51.4 Å². The molecule has 0 bridgehead atoms. The maximum atomic E-state index is 6.27. The second kappa shape index (κ2) is 12.4. The Labute approximate surface area is 265 Å². The average Bonchev–Trinajstić information content (AvgIpc) is 3.72. The van der Waals surface area contributed by atoms with E-state index < -0.39 is 14.6 Å². The van der Waals surface area contributed by atoms with Gasteiger partial charge in [-0.1, -0.05) is 130 Å². The van der Waals surface area contributed by atoms with E-state index in [-0.39, 0.29) is 5.41 Å². The van der Waals surface area contributed by atoms with Crippen LogP contribution in [-0.2, 0) is 22.0 Å². The van der Waals surface area contributed by atoms with Crippen molar-refractivity contribution in [3.05, 3.63) is 148 Å². The Morgan fingerprint density at radius 3 is 1.80 bits per heavy atom. The highest BCUT2D eigenvalue weighted by Gasteiger charge is 2.41. The van der Waals surface area contributed by atoms with Crippen molar-refractivity contribution in [3.8, 4) is 21.8 Å². The molecule has 5 nitrogen and oxygen atoms in total. The van der Waals surface area contributed by atoms with Crippen LogP contribution in [0.1, 0.15) is 48.6 Å². The first kappa shape index (κ1) is 29.9. The van der Waals surface area contributed by atoms with Gasteiger partial charge in [-0.3, -0.25) is 0 Å². The Kier molecular flexibility index (Phi) is 8.45. The lowest BCUT2D eigenvalue weighted by Gasteiger charge is -2.34. The highest BCUT2D eigenvalue weighted by Crippen LogP contribution is 2.42. The molecule has 0 amide bonds. The van der Waals surface area contributed by atoms with E-state index in [9.17, 15) is 0 Å². The number of hydrogen-bond donors (Lipinski definition) is 0. The number of hydrogen-bond acceptors (Lipinski definition) is 5. The van der Waals surface area contributed by atoms with Crippen LogP contribution in [0.5, 0.6) is 0 Å². The Bertz CT molecular complexity index is 1730. The van der Waals surface area contributed by atoms with E-state index in [1.54, 1.807) is 16.1 Å². The van der Waals surface area contributed by atoms with Gasteiger partial charge in [-0.15, -0.1) is 26.3 Å². The van der Waals surface area contributed by atoms with Gasteiger partial charge >= 0.3 is 0 Å². The van der Waals surface area contributed by atoms with Crippen molar-refractivity contribution in [2.75, 3.05) is 0 Å². The summed E-state index contributed by atoms with van der Waals surface area (Å²) in [4.78, 5) is 2.79. The lowest BCUT2D eigenvalue weighted by Crippen LogP contribution is -2.39. The largest absolute Gasteiger partial charge is 0.416 e. The molecule has 7 heteroatoms. The van der Waals surface area contributed by atoms with Crippen LogP contribution >= 0.6 is 11.3 Å². The van der Waals surface area contributed by atoms with Crippen molar-refractivity contribution in [3.63, 3.8) is 0 Å². The van der Waals surface area contributed by atoms with E-state index >= 15 is 0 Å². The first-order chi connectivity index (χ1) is 21.3. The number of rotatable bonds is 9. The van der Waals surface area contributed by atoms with Gasteiger partial charge in [0.25, 0.3) is 0 Å². The smallest absolute Gasteiger partial charge is 0.215 e. The molecule has 0 saturated carbocycles. The number of thiophene rings is 1. The standard InChI is InChI=1S/C37H38N4OSSi/c1-36(2,3)31-21-22-32(27(25-31)26-42-44(4)5)33-23-24-43-34(33)35-38-40-41(39-35)37(28-15-9-6-10-16-28,29-17-11-7-12-18-29)30-19-13-8-14-20-30/h6-25,44H,26H2,1-5H3. The summed E-state index contributed by atoms with van der Waals surface area (Å²) in [6.07, 6.45) is 0. The molecule has 0 aliphatic rings. The van der Waals surface area contributed by atoms with Crippen LogP contribution in [0.15, 0.2) is 121 Å². The second-order valence-corrected chi connectivity index (χ2v) is 15.7. The number of benzene rings is 4. The molecule has 0 atom stereocenters. The summed E-state index contributed by atoms with van der Waals surface area (Å²) >= 11 is 1.64. The van der Waals surface area contributed by atoms with E-state index in [2.05, 4.69) is 136 Å². The van der Waals surface area contributed by atoms with Gasteiger partial charge in [0.1, 0.15) is 0 Å². The summed E-state index contributed by atoms with van der Waals surface area (Å²) in [5.74, 6) is 0.604. The monoisotopic (exact) mass is 614 g/mol. The zero-order valence-electron chi connectivity index (χ0n) is 25.9. The highest BCUT2D eigenvalue weighted by atomic mass is 32.1. The summed E-state index contributed by atoms with van der Waals surface area (Å²) in [5, 5.41) is 16.8. The molecular weight excluding hydrogens is 577 g/mol. The summed E-state index contributed by atoms with van der Waals surface area (Å²) in [5.41, 5.74) is 7.14. The first-order valence-electron chi connectivity index (χ1n) is 15.1. The van der Waals surface area contributed by atoms with Crippen LogP contribution in [0, 0.1) is 0 Å². The Morgan fingerprint density at radius 1 is 0.705 bits per heavy atom. The normalized spacial score (nSPS) is 12.1. The fraction of sp³-hybridized carbons (Fsp3) is 0.216. The highest BCUT2D eigenvalue weighted by molar-refractivity contribution is 7.14. The second-order valence-electron chi connectivity index (χ2n) is 12.4. The number of nitrogens with zero attached hydrogens (tertiary/aromatic N) is 4. The van der Waals surface area contributed by atoms with Gasteiger partial charge in [-0.25, -0.2) is 0 Å². The van der Waals surface area contributed by atoms with Crippen LogP contribution in [-0.4, -0.2) is 29.2 Å². The van der Waals surface area contributed by atoms with E-state index in [1.165, 1.54) is 11.1 Å². The van der Waals surface area contributed by atoms with Gasteiger partial charge in [0.15, 0.2) is 14.6 Å². The minimum atomic E-state index is -1.21. The molecular formula is C37H38N4OSSi. The Balaban J connectivity index is 1.52. The van der Waals surface area contributed by atoms with Crippen molar-refractivity contribution >= 4 is 20.4 Å². The molecule has 2 aromatic heterocycles. The van der Waals surface area contributed by atoms with E-state index in [0.29, 0.717) is 12.4 Å². The molecule has 2 heterocycles. The van der Waals surface area contributed by atoms with Crippen molar-refractivity contribution < 1.29 is 4.43 Å². The molecule has 0 aliphatic carbocycles. The summed E-state index contributed by atoms with van der Waals surface area (Å²) in [7, 11) is -1.21. The van der Waals surface area contributed by atoms with Crippen LogP contribution in [0.25, 0.3) is 21.8 Å². The van der Waals surface area contributed by atoms with Gasteiger partial charge in [0.05, 0.1) is 11.5 Å². The van der Waals surface area contributed by atoms with E-state index in [1.807, 2.05) is 18.2 Å². The molecule has 0 aliphatic heterocycles. The molecule has 0 spiro atoms. The molecule has 0 N–H and O–H groups in total. The van der Waals surface area contributed by atoms with Gasteiger partial charge in [0.2, 0.25) is 5.82 Å². The van der Waals surface area contributed by atoms with E-state index in [0.717, 1.165) is 32.7 Å². The SMILES string of the molecule is C[SiH](C)OCc1cc(C(C)(C)C)ccc1-c1ccsc1-c1nnn(C(c2ccccc2)(c2ccccc2)c2ccccc2)n1. The molecule has 44 heavy (non-hydrogen) atoms. The predicted octanol–water partition coefficient (Wildman–Crippen LogP) is 8.71. The summed E-state index contributed by atoms with van der Waals surface area (Å²) < 4.78 is 6.27. The lowest BCUT2D eigenvalue weighted by molar-refractivity contribution is 0.315. The molecule has 0 unspecified atom stereocenters. The van der Waals surface area contributed by atoms with Crippen LogP contribution < -0.4 is 0 Å². The Hall–Kier alpha value is -4.17. The maximum Gasteiger partial charge on any atom is 0.215 e. The zero-order chi connectivity index (χ0) is 30.7. The van der Waals surface area contributed by atoms with Gasteiger partial charge < -0.3 is 4.43 Å². The minimum absolute atomic E-state index is 0.0416. The van der Waals surface area contributed by atoms with Crippen LogP contribution in [0.3, 0.4) is 0 Å². The third kappa shape index (κ3) is 5.71. The topological polar surface area (TPSA) is 52.8 Å². The first-order valence-corrected chi connectivity index (χ1v) is 18.7. The molecule has 4 aromatic carbocycles. The van der Waals surface area contributed by atoms with Crippen molar-refractivity contribution in [1.29, 1.82) is 0 Å². The predicted molar refractivity (Wildman–Crippen MR) is 184 cm³/mol. The fourth-order valence-corrected chi connectivity index (χ4v) is 7.07. The minimum Gasteiger partial charge on any atom is -0.416 e. The van der Waals surface area contributed by atoms with Gasteiger partial charge in [-0.05, 0) is 68.5 Å². The van der Waals surface area contributed by atoms with Crippen LogP contribution in [0.2, 0.25) is 13.1 Å². The quantitative estimate of drug-likeness (QED) is 0.121. The molecule has 0 radical (unpaired) electrons.